The molecule has 6 nitrogen and oxygen atoms in total. The average molecular weight is 357 g/mol. The van der Waals surface area contributed by atoms with Gasteiger partial charge in [-0.15, -0.1) is 0 Å². The third-order valence-electron chi connectivity index (χ3n) is 5.26. The van der Waals surface area contributed by atoms with Crippen molar-refractivity contribution in [3.8, 4) is 5.95 Å². The van der Waals surface area contributed by atoms with E-state index in [-0.39, 0.29) is 11.8 Å². The number of hydrogen-bond donors (Lipinski definition) is 1. The van der Waals surface area contributed by atoms with Crippen molar-refractivity contribution in [2.45, 2.75) is 19.3 Å². The molecule has 4 aromatic rings. The maximum absolute atomic E-state index is 12.5. The lowest BCUT2D eigenvalue weighted by Crippen LogP contribution is -2.25. The van der Waals surface area contributed by atoms with Crippen LogP contribution in [0.15, 0.2) is 54.6 Å². The monoisotopic (exact) mass is 357 g/mol. The number of aromatic nitrogens is 4. The molecule has 1 aliphatic rings. The number of nitrogens with zero attached hydrogens (tertiary/aromatic N) is 4. The quantitative estimate of drug-likeness (QED) is 0.597. The molecule has 5 rings (SSSR count). The number of benzene rings is 2. The SMILES string of the molecule is Cc1nn(-c2nc3ccccc3n2C)c2c1C(c1ccccc1)CC(=O)N2. The zero-order chi connectivity index (χ0) is 18.5. The van der Waals surface area contributed by atoms with Gasteiger partial charge in [0.1, 0.15) is 5.82 Å². The van der Waals surface area contributed by atoms with Crippen LogP contribution in [0.25, 0.3) is 17.0 Å². The molecule has 2 aromatic carbocycles. The van der Waals surface area contributed by atoms with Crippen molar-refractivity contribution >= 4 is 22.8 Å². The number of carbonyl (C=O) groups excluding carboxylic acids is 1. The number of hydrogen-bond acceptors (Lipinski definition) is 3. The Morgan fingerprint density at radius 2 is 1.81 bits per heavy atom. The smallest absolute Gasteiger partial charge is 0.233 e. The Morgan fingerprint density at radius 3 is 2.59 bits per heavy atom. The number of anilines is 1. The van der Waals surface area contributed by atoms with E-state index in [1.165, 1.54) is 0 Å². The number of para-hydroxylation sites is 2. The fourth-order valence-corrected chi connectivity index (χ4v) is 3.98. The van der Waals surface area contributed by atoms with Crippen LogP contribution in [0, 0.1) is 6.92 Å². The maximum Gasteiger partial charge on any atom is 0.233 e. The minimum absolute atomic E-state index is 0.00150. The van der Waals surface area contributed by atoms with Crippen molar-refractivity contribution in [3.05, 3.63) is 71.4 Å². The lowest BCUT2D eigenvalue weighted by Gasteiger charge is -2.24. The Labute approximate surface area is 156 Å². The van der Waals surface area contributed by atoms with Crippen LogP contribution in [0.3, 0.4) is 0 Å². The van der Waals surface area contributed by atoms with Gasteiger partial charge in [0, 0.05) is 24.9 Å². The van der Waals surface area contributed by atoms with Gasteiger partial charge in [0.15, 0.2) is 0 Å². The molecule has 0 aliphatic carbocycles. The number of fused-ring (bicyclic) bond motifs is 2. The minimum atomic E-state index is -0.00346. The van der Waals surface area contributed by atoms with E-state index in [4.69, 9.17) is 10.1 Å². The zero-order valence-corrected chi connectivity index (χ0v) is 15.2. The highest BCUT2D eigenvalue weighted by molar-refractivity contribution is 5.95. The highest BCUT2D eigenvalue weighted by Gasteiger charge is 2.33. The van der Waals surface area contributed by atoms with E-state index in [1.807, 2.05) is 61.0 Å². The van der Waals surface area contributed by atoms with Crippen molar-refractivity contribution in [3.63, 3.8) is 0 Å². The van der Waals surface area contributed by atoms with Crippen LogP contribution in [0.5, 0.6) is 0 Å². The predicted molar refractivity (Wildman–Crippen MR) is 104 cm³/mol. The van der Waals surface area contributed by atoms with Gasteiger partial charge in [-0.25, -0.2) is 4.98 Å². The normalized spacial score (nSPS) is 16.4. The van der Waals surface area contributed by atoms with Gasteiger partial charge in [-0.3, -0.25) is 4.79 Å². The van der Waals surface area contributed by atoms with Gasteiger partial charge in [0.2, 0.25) is 11.9 Å². The molecule has 2 aromatic heterocycles. The molecule has 0 saturated carbocycles. The predicted octanol–water partition coefficient (Wildman–Crippen LogP) is 3.54. The van der Waals surface area contributed by atoms with E-state index in [1.54, 1.807) is 4.68 Å². The molecule has 1 unspecified atom stereocenters. The summed E-state index contributed by atoms with van der Waals surface area (Å²) in [7, 11) is 1.97. The molecule has 0 fully saturated rings. The Morgan fingerprint density at radius 1 is 1.07 bits per heavy atom. The first-order valence-electron chi connectivity index (χ1n) is 8.99. The van der Waals surface area contributed by atoms with Crippen LogP contribution in [0.4, 0.5) is 5.82 Å². The molecule has 0 bridgehead atoms. The van der Waals surface area contributed by atoms with Crippen LogP contribution in [0.1, 0.15) is 29.2 Å². The van der Waals surface area contributed by atoms with Crippen LogP contribution in [-0.2, 0) is 11.8 Å². The molecular formula is C21H19N5O. The number of imidazole rings is 1. The van der Waals surface area contributed by atoms with Gasteiger partial charge in [-0.05, 0) is 24.6 Å². The topological polar surface area (TPSA) is 64.7 Å². The van der Waals surface area contributed by atoms with E-state index in [9.17, 15) is 4.79 Å². The number of carbonyl (C=O) groups is 1. The molecule has 1 atom stereocenters. The second-order valence-electron chi connectivity index (χ2n) is 6.93. The largest absolute Gasteiger partial charge is 0.311 e. The lowest BCUT2D eigenvalue weighted by atomic mass is 9.86. The van der Waals surface area contributed by atoms with Crippen molar-refractivity contribution < 1.29 is 4.79 Å². The summed E-state index contributed by atoms with van der Waals surface area (Å²) in [5.41, 5.74) is 5.02. The Kier molecular flexibility index (Phi) is 3.40. The van der Waals surface area contributed by atoms with Crippen LogP contribution >= 0.6 is 0 Å². The van der Waals surface area contributed by atoms with Gasteiger partial charge in [-0.1, -0.05) is 42.5 Å². The first-order valence-corrected chi connectivity index (χ1v) is 8.99. The van der Waals surface area contributed by atoms with Crippen molar-refractivity contribution in [2.75, 3.05) is 5.32 Å². The van der Waals surface area contributed by atoms with Crippen LogP contribution in [0.2, 0.25) is 0 Å². The van der Waals surface area contributed by atoms with Crippen LogP contribution < -0.4 is 5.32 Å². The molecular weight excluding hydrogens is 338 g/mol. The van der Waals surface area contributed by atoms with E-state index >= 15 is 0 Å². The van der Waals surface area contributed by atoms with Gasteiger partial charge in [0.05, 0.1) is 16.7 Å². The summed E-state index contributed by atoms with van der Waals surface area (Å²) >= 11 is 0. The first-order chi connectivity index (χ1) is 13.1. The molecule has 27 heavy (non-hydrogen) atoms. The summed E-state index contributed by atoms with van der Waals surface area (Å²) in [5.74, 6) is 1.40. The molecule has 3 heterocycles. The van der Waals surface area contributed by atoms with E-state index in [0.717, 1.165) is 33.7 Å². The molecule has 0 spiro atoms. The third-order valence-corrected chi connectivity index (χ3v) is 5.26. The van der Waals surface area contributed by atoms with Gasteiger partial charge in [-0.2, -0.15) is 9.78 Å². The Bertz CT molecular complexity index is 1170. The summed E-state index contributed by atoms with van der Waals surface area (Å²) in [6.07, 6.45) is 0.423. The summed E-state index contributed by atoms with van der Waals surface area (Å²) < 4.78 is 3.76. The highest BCUT2D eigenvalue weighted by Crippen LogP contribution is 2.40. The van der Waals surface area contributed by atoms with Crippen molar-refractivity contribution in [1.82, 2.24) is 19.3 Å². The second-order valence-corrected chi connectivity index (χ2v) is 6.93. The number of aryl methyl sites for hydroxylation is 2. The number of nitrogens with one attached hydrogen (secondary N) is 1. The summed E-state index contributed by atoms with van der Waals surface area (Å²) in [6.45, 7) is 1.99. The molecule has 134 valence electrons. The third kappa shape index (κ3) is 2.37. The fourth-order valence-electron chi connectivity index (χ4n) is 3.98. The van der Waals surface area contributed by atoms with Crippen LogP contribution in [-0.4, -0.2) is 25.2 Å². The fraction of sp³-hybridized carbons (Fsp3) is 0.190. The van der Waals surface area contributed by atoms with E-state index < -0.39 is 0 Å². The van der Waals surface area contributed by atoms with Gasteiger partial charge < -0.3 is 9.88 Å². The van der Waals surface area contributed by atoms with Gasteiger partial charge >= 0.3 is 0 Å². The Hall–Kier alpha value is -3.41. The molecule has 6 heteroatoms. The summed E-state index contributed by atoms with van der Waals surface area (Å²) in [4.78, 5) is 17.2. The lowest BCUT2D eigenvalue weighted by molar-refractivity contribution is -0.116. The summed E-state index contributed by atoms with van der Waals surface area (Å²) in [6, 6.07) is 18.1. The molecule has 1 N–H and O–H groups in total. The zero-order valence-electron chi connectivity index (χ0n) is 15.2. The molecule has 1 aliphatic heterocycles. The molecule has 1 amide bonds. The Balaban J connectivity index is 1.73. The molecule has 0 radical (unpaired) electrons. The molecule has 0 saturated heterocycles. The van der Waals surface area contributed by atoms with E-state index in [2.05, 4.69) is 17.4 Å². The average Bonchev–Trinajstić information content (AvgIpc) is 3.19. The van der Waals surface area contributed by atoms with Crippen molar-refractivity contribution in [2.24, 2.45) is 7.05 Å². The highest BCUT2D eigenvalue weighted by atomic mass is 16.1. The van der Waals surface area contributed by atoms with E-state index in [0.29, 0.717) is 12.4 Å². The minimum Gasteiger partial charge on any atom is -0.311 e. The number of rotatable bonds is 2. The number of amides is 1. The second kappa shape index (κ2) is 5.81. The van der Waals surface area contributed by atoms with Gasteiger partial charge in [0.25, 0.3) is 0 Å². The maximum atomic E-state index is 12.5. The first kappa shape index (κ1) is 15.8. The summed E-state index contributed by atoms with van der Waals surface area (Å²) in [5, 5.41) is 7.77. The van der Waals surface area contributed by atoms with Crippen molar-refractivity contribution in [1.29, 1.82) is 0 Å². The standard InChI is InChI=1S/C21H19N5O/c1-13-19-15(14-8-4-3-5-9-14)12-18(27)23-20(19)26(24-13)21-22-16-10-6-7-11-17(16)25(21)2/h3-11,15H,12H2,1-2H3,(H,23,27).